The molecule has 1 aromatic heterocycles. The molecule has 0 spiro atoms. The number of hydrogen-bond acceptors (Lipinski definition) is 5. The van der Waals surface area contributed by atoms with Gasteiger partial charge < -0.3 is 19.0 Å². The number of aryl methyl sites for hydroxylation is 1. The third-order valence-electron chi connectivity index (χ3n) is 7.47. The Morgan fingerprint density at radius 3 is 2.49 bits per heavy atom. The van der Waals surface area contributed by atoms with Gasteiger partial charge in [-0.05, 0) is 50.3 Å². The molecule has 2 fully saturated rings. The van der Waals surface area contributed by atoms with Crippen molar-refractivity contribution in [2.45, 2.75) is 58.2 Å². The Kier molecular flexibility index (Phi) is 7.70. The normalized spacial score (nSPS) is 17.5. The standard InChI is InChI=1S/C30H34N2O5/c1-21-12-13-27-26(15-21)29(34)24(20-37-27)17-31(16-22-7-3-2-4-8-22)28(33)19-32(18-25-11-6-14-36-25)30(35)23-9-5-10-23/h2-4,7-8,12-13,15,20,23,25H,5-6,9-11,14,16-19H2,1H3. The molecule has 1 saturated carbocycles. The van der Waals surface area contributed by atoms with Gasteiger partial charge in [0, 0.05) is 25.6 Å². The molecule has 1 aliphatic heterocycles. The van der Waals surface area contributed by atoms with Crippen molar-refractivity contribution in [3.05, 3.63) is 81.7 Å². The van der Waals surface area contributed by atoms with Gasteiger partial charge >= 0.3 is 0 Å². The number of carbonyl (C=O) groups is 2. The van der Waals surface area contributed by atoms with Crippen molar-refractivity contribution in [3.63, 3.8) is 0 Å². The molecule has 3 aromatic rings. The van der Waals surface area contributed by atoms with Crippen molar-refractivity contribution in [1.29, 1.82) is 0 Å². The van der Waals surface area contributed by atoms with Crippen molar-refractivity contribution in [2.24, 2.45) is 5.92 Å². The zero-order valence-electron chi connectivity index (χ0n) is 21.4. The summed E-state index contributed by atoms with van der Waals surface area (Å²) >= 11 is 0. The van der Waals surface area contributed by atoms with Crippen molar-refractivity contribution in [3.8, 4) is 0 Å². The van der Waals surface area contributed by atoms with E-state index in [2.05, 4.69) is 0 Å². The molecular weight excluding hydrogens is 468 g/mol. The fourth-order valence-corrected chi connectivity index (χ4v) is 5.08. The Bertz CT molecular complexity index is 1310. The molecule has 0 bridgehead atoms. The van der Waals surface area contributed by atoms with E-state index in [1.807, 2.05) is 49.4 Å². The number of hydrogen-bond donors (Lipinski definition) is 0. The van der Waals surface area contributed by atoms with Gasteiger partial charge in [0.1, 0.15) is 5.58 Å². The van der Waals surface area contributed by atoms with Gasteiger partial charge in [-0.1, -0.05) is 48.4 Å². The van der Waals surface area contributed by atoms with Crippen LogP contribution in [0.3, 0.4) is 0 Å². The number of ether oxygens (including phenoxy) is 1. The second-order valence-electron chi connectivity index (χ2n) is 10.3. The first kappa shape index (κ1) is 25.2. The fraction of sp³-hybridized carbons (Fsp3) is 0.433. The highest BCUT2D eigenvalue weighted by Gasteiger charge is 2.33. The SMILES string of the molecule is Cc1ccc2occ(CN(Cc3ccccc3)C(=O)CN(CC3CCCO3)C(=O)C3CCC3)c(=O)c2c1. The molecule has 0 N–H and O–H groups in total. The molecule has 0 radical (unpaired) electrons. The first-order valence-electron chi connectivity index (χ1n) is 13.2. The molecule has 2 amide bonds. The van der Waals surface area contributed by atoms with Gasteiger partial charge in [0.25, 0.3) is 0 Å². The molecule has 2 aromatic carbocycles. The van der Waals surface area contributed by atoms with Crippen molar-refractivity contribution in [2.75, 3.05) is 19.7 Å². The van der Waals surface area contributed by atoms with Crippen LogP contribution in [0.25, 0.3) is 11.0 Å². The average molecular weight is 503 g/mol. The third kappa shape index (κ3) is 5.93. The highest BCUT2D eigenvalue weighted by atomic mass is 16.5. The maximum atomic E-state index is 13.8. The number of fused-ring (bicyclic) bond motifs is 1. The van der Waals surface area contributed by atoms with E-state index in [-0.39, 0.29) is 42.4 Å². The summed E-state index contributed by atoms with van der Waals surface area (Å²) in [6.07, 6.45) is 6.09. The minimum absolute atomic E-state index is 0.00690. The molecule has 37 heavy (non-hydrogen) atoms. The first-order valence-corrected chi connectivity index (χ1v) is 13.2. The Hall–Kier alpha value is -3.45. The minimum atomic E-state index is -0.196. The van der Waals surface area contributed by atoms with E-state index in [1.165, 1.54) is 6.26 Å². The monoisotopic (exact) mass is 502 g/mol. The molecule has 194 valence electrons. The molecule has 7 nitrogen and oxygen atoms in total. The number of carbonyl (C=O) groups excluding carboxylic acids is 2. The zero-order valence-corrected chi connectivity index (χ0v) is 21.4. The summed E-state index contributed by atoms with van der Waals surface area (Å²) in [7, 11) is 0. The molecule has 1 saturated heterocycles. The number of rotatable bonds is 9. The zero-order chi connectivity index (χ0) is 25.8. The Balaban J connectivity index is 1.40. The highest BCUT2D eigenvalue weighted by Crippen LogP contribution is 2.29. The first-order chi connectivity index (χ1) is 18.0. The summed E-state index contributed by atoms with van der Waals surface area (Å²) in [4.78, 5) is 43.7. The van der Waals surface area contributed by atoms with Crippen LogP contribution in [0.4, 0.5) is 0 Å². The largest absolute Gasteiger partial charge is 0.464 e. The second kappa shape index (κ2) is 11.3. The van der Waals surface area contributed by atoms with E-state index in [0.29, 0.717) is 36.2 Å². The lowest BCUT2D eigenvalue weighted by Crippen LogP contribution is -2.48. The van der Waals surface area contributed by atoms with Crippen molar-refractivity contribution < 1.29 is 18.7 Å². The van der Waals surface area contributed by atoms with Gasteiger partial charge in [-0.3, -0.25) is 14.4 Å². The molecular formula is C30H34N2O5. The maximum Gasteiger partial charge on any atom is 0.242 e. The smallest absolute Gasteiger partial charge is 0.242 e. The summed E-state index contributed by atoms with van der Waals surface area (Å²) in [5, 5.41) is 0.504. The Morgan fingerprint density at radius 1 is 0.973 bits per heavy atom. The number of benzene rings is 2. The van der Waals surface area contributed by atoms with Crippen LogP contribution in [0.1, 0.15) is 48.8 Å². The summed E-state index contributed by atoms with van der Waals surface area (Å²) < 4.78 is 11.5. The number of amides is 2. The minimum Gasteiger partial charge on any atom is -0.464 e. The maximum absolute atomic E-state index is 13.8. The van der Waals surface area contributed by atoms with Crippen LogP contribution in [-0.4, -0.2) is 47.4 Å². The summed E-state index contributed by atoms with van der Waals surface area (Å²) in [5.41, 5.74) is 2.71. The van der Waals surface area contributed by atoms with Gasteiger partial charge in [-0.2, -0.15) is 0 Å². The second-order valence-corrected chi connectivity index (χ2v) is 10.3. The molecule has 5 rings (SSSR count). The van der Waals surface area contributed by atoms with E-state index in [0.717, 1.165) is 43.2 Å². The van der Waals surface area contributed by atoms with Crippen LogP contribution in [0.15, 0.2) is 64.0 Å². The van der Waals surface area contributed by atoms with Crippen molar-refractivity contribution >= 4 is 22.8 Å². The molecule has 1 atom stereocenters. The van der Waals surface area contributed by atoms with Gasteiger partial charge in [0.2, 0.25) is 11.8 Å². The van der Waals surface area contributed by atoms with Gasteiger partial charge in [0.15, 0.2) is 5.43 Å². The van der Waals surface area contributed by atoms with Crippen LogP contribution in [0.2, 0.25) is 0 Å². The summed E-state index contributed by atoms with van der Waals surface area (Å²) in [6, 6.07) is 15.2. The predicted octanol–water partition coefficient (Wildman–Crippen LogP) is 4.44. The predicted molar refractivity (Wildman–Crippen MR) is 141 cm³/mol. The van der Waals surface area contributed by atoms with E-state index < -0.39 is 0 Å². The summed E-state index contributed by atoms with van der Waals surface area (Å²) in [5.74, 6) is -0.165. The lowest BCUT2D eigenvalue weighted by Gasteiger charge is -2.34. The number of nitrogens with zero attached hydrogens (tertiary/aromatic N) is 2. The highest BCUT2D eigenvalue weighted by molar-refractivity contribution is 5.86. The van der Waals surface area contributed by atoms with Crippen LogP contribution in [0, 0.1) is 12.8 Å². The van der Waals surface area contributed by atoms with E-state index >= 15 is 0 Å². The lowest BCUT2D eigenvalue weighted by atomic mass is 9.84. The lowest BCUT2D eigenvalue weighted by molar-refractivity contribution is -0.146. The van der Waals surface area contributed by atoms with Crippen LogP contribution >= 0.6 is 0 Å². The van der Waals surface area contributed by atoms with Crippen LogP contribution in [0.5, 0.6) is 0 Å². The molecule has 7 heteroatoms. The van der Waals surface area contributed by atoms with E-state index in [4.69, 9.17) is 9.15 Å². The quantitative estimate of drug-likeness (QED) is 0.432. The van der Waals surface area contributed by atoms with Crippen molar-refractivity contribution in [1.82, 2.24) is 9.80 Å². The molecule has 1 unspecified atom stereocenters. The molecule has 2 aliphatic rings. The summed E-state index contributed by atoms with van der Waals surface area (Å²) in [6.45, 7) is 3.46. The molecule has 1 aliphatic carbocycles. The Morgan fingerprint density at radius 2 is 1.78 bits per heavy atom. The van der Waals surface area contributed by atoms with Gasteiger partial charge in [-0.25, -0.2) is 0 Å². The topological polar surface area (TPSA) is 80.1 Å². The third-order valence-corrected chi connectivity index (χ3v) is 7.47. The van der Waals surface area contributed by atoms with Crippen LogP contribution in [-0.2, 0) is 27.4 Å². The van der Waals surface area contributed by atoms with Gasteiger partial charge in [-0.15, -0.1) is 0 Å². The van der Waals surface area contributed by atoms with E-state index in [9.17, 15) is 14.4 Å². The van der Waals surface area contributed by atoms with E-state index in [1.54, 1.807) is 15.9 Å². The van der Waals surface area contributed by atoms with Crippen LogP contribution < -0.4 is 5.43 Å². The molecule has 2 heterocycles. The fourth-order valence-electron chi connectivity index (χ4n) is 5.08. The average Bonchev–Trinajstić information content (AvgIpc) is 3.38. The Labute approximate surface area is 217 Å². The van der Waals surface area contributed by atoms with Gasteiger partial charge in [0.05, 0.1) is 36.4 Å².